The van der Waals surface area contributed by atoms with Crippen LogP contribution in [0.3, 0.4) is 0 Å². The van der Waals surface area contributed by atoms with Crippen molar-refractivity contribution >= 4 is 33.3 Å². The Morgan fingerprint density at radius 2 is 2.04 bits per heavy atom. The van der Waals surface area contributed by atoms with Gasteiger partial charge < -0.3 is 14.6 Å². The predicted molar refractivity (Wildman–Crippen MR) is 116 cm³/mol. The number of carbonyl (C=O) groups excluding carboxylic acids is 1. The summed E-state index contributed by atoms with van der Waals surface area (Å²) in [5.41, 5.74) is 0. The summed E-state index contributed by atoms with van der Waals surface area (Å²) in [4.78, 5) is 12.0. The second-order valence-corrected chi connectivity index (χ2v) is 9.80. The number of carbonyl (C=O) groups is 1. The average molecular weight is 476 g/mol. The molecule has 0 aromatic heterocycles. The highest BCUT2D eigenvalue weighted by atomic mass is 79.9. The summed E-state index contributed by atoms with van der Waals surface area (Å²) < 4.78 is 13.2. The lowest BCUT2D eigenvalue weighted by molar-refractivity contribution is -0.237. The minimum Gasteiger partial charge on any atom is -0.378 e. The zero-order chi connectivity index (χ0) is 20.8. The number of Topliss-reactive ketones (excluding diaryl/α,β-unsaturated/α-hetero) is 1. The molecule has 0 aromatic carbocycles. The molecule has 8 atom stereocenters. The number of halogens is 2. The normalized spacial score (nSPS) is 34.5. The zero-order valence-electron chi connectivity index (χ0n) is 17.0. The minimum absolute atomic E-state index is 0.0134. The van der Waals surface area contributed by atoms with Crippen molar-refractivity contribution in [3.63, 3.8) is 0 Å². The first kappa shape index (κ1) is 23.9. The highest BCUT2D eigenvalue weighted by molar-refractivity contribution is 9.11. The van der Waals surface area contributed by atoms with Crippen molar-refractivity contribution in [3.8, 4) is 11.8 Å². The molecule has 158 valence electrons. The first-order valence-corrected chi connectivity index (χ1v) is 11.5. The molecular formula is C22H32BrClO4. The highest BCUT2D eigenvalue weighted by Gasteiger charge is 2.46. The quantitative estimate of drug-likeness (QED) is 0.332. The fraction of sp³-hybridized carbons (Fsp3) is 0.773. The first-order chi connectivity index (χ1) is 13.2. The smallest absolute Gasteiger partial charge is 0.205 e. The molecule has 2 saturated heterocycles. The molecule has 0 aliphatic carbocycles. The molecule has 2 aliphatic heterocycles. The zero-order valence-corrected chi connectivity index (χ0v) is 19.3. The van der Waals surface area contributed by atoms with E-state index in [1.165, 1.54) is 0 Å². The van der Waals surface area contributed by atoms with Crippen molar-refractivity contribution in [2.24, 2.45) is 11.8 Å². The van der Waals surface area contributed by atoms with Gasteiger partial charge >= 0.3 is 0 Å². The Balaban J connectivity index is 1.90. The molecule has 2 fully saturated rings. The Morgan fingerprint density at radius 3 is 2.68 bits per heavy atom. The van der Waals surface area contributed by atoms with Gasteiger partial charge in [0.2, 0.25) is 5.78 Å². The molecule has 0 saturated carbocycles. The molecule has 2 heterocycles. The minimum atomic E-state index is -0.986. The van der Waals surface area contributed by atoms with Crippen LogP contribution in [-0.2, 0) is 14.3 Å². The van der Waals surface area contributed by atoms with Crippen LogP contribution in [0.4, 0.5) is 0 Å². The number of aliphatic hydroxyl groups excluding tert-OH is 1. The van der Waals surface area contributed by atoms with Gasteiger partial charge in [-0.2, -0.15) is 0 Å². The molecule has 0 unspecified atom stereocenters. The van der Waals surface area contributed by atoms with E-state index < -0.39 is 12.2 Å². The number of rotatable bonds is 7. The third kappa shape index (κ3) is 6.57. The third-order valence-corrected chi connectivity index (χ3v) is 6.64. The van der Waals surface area contributed by atoms with E-state index in [-0.39, 0.29) is 41.6 Å². The van der Waals surface area contributed by atoms with Gasteiger partial charge in [-0.1, -0.05) is 49.2 Å². The Kier molecular flexibility index (Phi) is 9.50. The third-order valence-electron chi connectivity index (χ3n) is 5.94. The van der Waals surface area contributed by atoms with Crippen molar-refractivity contribution in [1.29, 1.82) is 0 Å². The summed E-state index contributed by atoms with van der Waals surface area (Å²) in [6.45, 7) is 10.1. The number of hydrogen-bond donors (Lipinski definition) is 1. The number of alkyl halides is 1. The van der Waals surface area contributed by atoms with E-state index in [1.807, 2.05) is 0 Å². The van der Waals surface area contributed by atoms with Gasteiger partial charge in [0.05, 0.1) is 24.4 Å². The van der Waals surface area contributed by atoms with Crippen LogP contribution in [0.5, 0.6) is 0 Å². The van der Waals surface area contributed by atoms with E-state index >= 15 is 0 Å². The molecule has 0 spiro atoms. The van der Waals surface area contributed by atoms with Crippen LogP contribution in [-0.4, -0.2) is 46.8 Å². The molecule has 6 heteroatoms. The van der Waals surface area contributed by atoms with Gasteiger partial charge in [-0.25, -0.2) is 0 Å². The number of allylic oxidation sites excluding steroid dienone is 1. The predicted octanol–water partition coefficient (Wildman–Crippen LogP) is 4.60. The van der Waals surface area contributed by atoms with E-state index in [0.717, 1.165) is 23.7 Å². The monoisotopic (exact) mass is 474 g/mol. The van der Waals surface area contributed by atoms with Crippen LogP contribution in [0.25, 0.3) is 0 Å². The maximum absolute atomic E-state index is 12.0. The van der Waals surface area contributed by atoms with Crippen molar-refractivity contribution in [1.82, 2.24) is 0 Å². The lowest BCUT2D eigenvalue weighted by Crippen LogP contribution is -2.56. The molecule has 0 bridgehead atoms. The fourth-order valence-electron chi connectivity index (χ4n) is 4.02. The van der Waals surface area contributed by atoms with Crippen molar-refractivity contribution in [2.75, 3.05) is 0 Å². The summed E-state index contributed by atoms with van der Waals surface area (Å²) in [5.74, 6) is 5.41. The van der Waals surface area contributed by atoms with Gasteiger partial charge in [0, 0.05) is 11.8 Å². The van der Waals surface area contributed by atoms with Gasteiger partial charge in [0.15, 0.2) is 0 Å². The van der Waals surface area contributed by atoms with Crippen molar-refractivity contribution in [2.45, 2.75) is 95.2 Å². The largest absolute Gasteiger partial charge is 0.378 e. The maximum atomic E-state index is 12.0. The number of fused-ring (bicyclic) bond motifs is 1. The SMILES string of the molecule is C=C(Br)C[C@H](Cl)CCC(=O)C#C[C@H](O)[C@@H]1O[C@H]2CC[C@H](CC)O[C@@H]2[C@H](C)[C@@H]1C. The topological polar surface area (TPSA) is 55.8 Å². The van der Waals surface area contributed by atoms with Crippen LogP contribution in [0.1, 0.15) is 59.3 Å². The molecule has 4 nitrogen and oxygen atoms in total. The van der Waals surface area contributed by atoms with E-state index in [0.29, 0.717) is 18.9 Å². The second-order valence-electron chi connectivity index (χ2n) is 8.06. The van der Waals surface area contributed by atoms with Gasteiger partial charge in [-0.05, 0) is 54.3 Å². The molecule has 1 N–H and O–H groups in total. The first-order valence-electron chi connectivity index (χ1n) is 10.2. The number of ether oxygens (including phenoxy) is 2. The maximum Gasteiger partial charge on any atom is 0.205 e. The molecule has 0 radical (unpaired) electrons. The summed E-state index contributed by atoms with van der Waals surface area (Å²) in [5, 5.41) is 10.4. The van der Waals surface area contributed by atoms with Gasteiger partial charge in [-0.15, -0.1) is 11.6 Å². The lowest BCUT2D eigenvalue weighted by atomic mass is 9.77. The summed E-state index contributed by atoms with van der Waals surface area (Å²) in [6, 6.07) is 0. The lowest BCUT2D eigenvalue weighted by Gasteiger charge is -2.49. The second kappa shape index (κ2) is 11.1. The molecule has 2 aliphatic rings. The van der Waals surface area contributed by atoms with E-state index in [9.17, 15) is 9.90 Å². The van der Waals surface area contributed by atoms with Crippen molar-refractivity contribution < 1.29 is 19.4 Å². The van der Waals surface area contributed by atoms with Crippen molar-refractivity contribution in [3.05, 3.63) is 11.1 Å². The number of hydrogen-bond acceptors (Lipinski definition) is 4. The Morgan fingerprint density at radius 1 is 1.32 bits per heavy atom. The molecule has 28 heavy (non-hydrogen) atoms. The summed E-state index contributed by atoms with van der Waals surface area (Å²) in [7, 11) is 0. The fourth-order valence-corrected chi connectivity index (χ4v) is 4.89. The van der Waals surface area contributed by atoms with Gasteiger partial charge in [0.25, 0.3) is 0 Å². The summed E-state index contributed by atoms with van der Waals surface area (Å²) >= 11 is 9.42. The summed E-state index contributed by atoms with van der Waals surface area (Å²) in [6.07, 6.45) is 3.29. The van der Waals surface area contributed by atoms with Crippen LogP contribution in [0, 0.1) is 23.7 Å². The van der Waals surface area contributed by atoms with Gasteiger partial charge in [0.1, 0.15) is 6.10 Å². The molecular weight excluding hydrogens is 444 g/mol. The standard InChI is InChI=1S/C22H32BrClO4/c1-5-18-9-11-20-22(27-18)15(4)14(3)21(28-20)19(26)10-8-17(25)7-6-16(24)12-13(2)23/h14-16,18-22,26H,2,5-7,9,11-12H2,1,3-4H3/t14-,15+,16+,18-,19-,20-,21+,22+/m0/s1. The average Bonchev–Trinajstić information content (AvgIpc) is 2.66. The Hall–Kier alpha value is -0.380. The van der Waals surface area contributed by atoms with E-state index in [1.54, 1.807) is 0 Å². The molecule has 2 rings (SSSR count). The molecule has 0 aromatic rings. The number of aliphatic hydroxyl groups is 1. The van der Waals surface area contributed by atoms with Crippen LogP contribution in [0.2, 0.25) is 0 Å². The van der Waals surface area contributed by atoms with E-state index in [2.05, 4.69) is 55.1 Å². The highest BCUT2D eigenvalue weighted by Crippen LogP contribution is 2.39. The Labute approximate surface area is 182 Å². The van der Waals surface area contributed by atoms with E-state index in [4.69, 9.17) is 21.1 Å². The van der Waals surface area contributed by atoms with Crippen LogP contribution >= 0.6 is 27.5 Å². The molecule has 0 amide bonds. The Bertz CT molecular complexity index is 611. The number of ketones is 1. The van der Waals surface area contributed by atoms with Crippen LogP contribution in [0.15, 0.2) is 11.1 Å². The van der Waals surface area contributed by atoms with Crippen LogP contribution < -0.4 is 0 Å². The van der Waals surface area contributed by atoms with Gasteiger partial charge in [-0.3, -0.25) is 4.79 Å².